The average Bonchev–Trinajstić information content (AvgIpc) is 3.20. The van der Waals surface area contributed by atoms with Crippen molar-refractivity contribution in [3.8, 4) is 5.69 Å². The van der Waals surface area contributed by atoms with Crippen LogP contribution in [0.25, 0.3) is 15.9 Å². The Hall–Kier alpha value is -2.68. The Morgan fingerprint density at radius 1 is 1.19 bits per heavy atom. The fraction of sp³-hybridized carbons (Fsp3) is 0.136. The van der Waals surface area contributed by atoms with Crippen LogP contribution >= 0.6 is 34.7 Å². The Morgan fingerprint density at radius 3 is 2.74 bits per heavy atom. The van der Waals surface area contributed by atoms with Crippen LogP contribution in [0.3, 0.4) is 0 Å². The molecule has 2 heterocycles. The van der Waals surface area contributed by atoms with Crippen molar-refractivity contribution in [3.63, 3.8) is 0 Å². The molecule has 0 saturated heterocycles. The number of thiophene rings is 1. The van der Waals surface area contributed by atoms with Gasteiger partial charge in [0.1, 0.15) is 10.5 Å². The van der Waals surface area contributed by atoms with Crippen LogP contribution in [0.2, 0.25) is 5.02 Å². The molecule has 0 aliphatic rings. The number of hydrogen-bond donors (Lipinski definition) is 1. The first-order chi connectivity index (χ1) is 14.8. The lowest BCUT2D eigenvalue weighted by Crippen LogP contribution is -2.22. The quantitative estimate of drug-likeness (QED) is 0.303. The first-order valence-corrected chi connectivity index (χ1v) is 11.5. The molecule has 4 aromatic rings. The van der Waals surface area contributed by atoms with E-state index < -0.39 is 11.7 Å². The number of halogens is 2. The largest absolute Gasteiger partial charge is 0.323 e. The van der Waals surface area contributed by atoms with E-state index in [-0.39, 0.29) is 22.0 Å². The number of anilines is 1. The minimum Gasteiger partial charge on any atom is -0.323 e. The van der Waals surface area contributed by atoms with Gasteiger partial charge >= 0.3 is 0 Å². The van der Waals surface area contributed by atoms with Gasteiger partial charge in [0.2, 0.25) is 5.91 Å². The summed E-state index contributed by atoms with van der Waals surface area (Å²) in [7, 11) is 0. The number of carbonyl (C=O) groups is 1. The average molecular weight is 474 g/mol. The van der Waals surface area contributed by atoms with E-state index in [1.165, 1.54) is 28.0 Å². The van der Waals surface area contributed by atoms with Gasteiger partial charge in [-0.15, -0.1) is 11.3 Å². The first kappa shape index (κ1) is 21.5. The molecular weight excluding hydrogens is 457 g/mol. The normalized spacial score (nSPS) is 11.1. The summed E-state index contributed by atoms with van der Waals surface area (Å²) in [5.74, 6) is -1.08. The maximum Gasteiger partial charge on any atom is 0.276 e. The van der Waals surface area contributed by atoms with Gasteiger partial charge < -0.3 is 5.32 Å². The van der Waals surface area contributed by atoms with Crippen molar-refractivity contribution in [2.75, 3.05) is 11.1 Å². The molecule has 0 fully saturated rings. The van der Waals surface area contributed by atoms with E-state index in [9.17, 15) is 14.0 Å². The zero-order valence-corrected chi connectivity index (χ0v) is 19.0. The van der Waals surface area contributed by atoms with Crippen LogP contribution in [0.15, 0.2) is 57.8 Å². The molecule has 9 heteroatoms. The van der Waals surface area contributed by atoms with Gasteiger partial charge in [-0.05, 0) is 66.8 Å². The van der Waals surface area contributed by atoms with Crippen LogP contribution in [0, 0.1) is 19.7 Å². The summed E-state index contributed by atoms with van der Waals surface area (Å²) < 4.78 is 16.0. The second-order valence-corrected chi connectivity index (χ2v) is 9.19. The number of rotatable bonds is 5. The molecule has 0 radical (unpaired) electrons. The molecule has 2 aromatic carbocycles. The lowest BCUT2D eigenvalue weighted by atomic mass is 10.1. The minimum atomic E-state index is -0.615. The molecule has 5 nitrogen and oxygen atoms in total. The summed E-state index contributed by atoms with van der Waals surface area (Å²) >= 11 is 8.20. The van der Waals surface area contributed by atoms with E-state index in [2.05, 4.69) is 10.3 Å². The fourth-order valence-electron chi connectivity index (χ4n) is 2.99. The number of thioether (sulfide) groups is 1. The molecule has 158 valence electrons. The molecule has 0 spiro atoms. The lowest BCUT2D eigenvalue weighted by Gasteiger charge is -2.13. The van der Waals surface area contributed by atoms with Crippen molar-refractivity contribution < 1.29 is 9.18 Å². The minimum absolute atomic E-state index is 0.0443. The van der Waals surface area contributed by atoms with Crippen molar-refractivity contribution in [1.29, 1.82) is 0 Å². The standard InChI is InChI=1S/C22H17ClFN3O2S2/c1-12-3-5-15(9-13(12)2)27-21(29)20-18(7-8-30-20)26-22(27)31-11-19(28)25-17-6-4-14(23)10-16(17)24/h3-10H,11H2,1-2H3,(H,25,28). The molecule has 0 bridgehead atoms. The van der Waals surface area contributed by atoms with Crippen molar-refractivity contribution in [1.82, 2.24) is 9.55 Å². The van der Waals surface area contributed by atoms with E-state index in [1.54, 1.807) is 6.07 Å². The summed E-state index contributed by atoms with van der Waals surface area (Å²) in [5, 5.41) is 4.98. The van der Waals surface area contributed by atoms with Crippen LogP contribution in [0.4, 0.5) is 10.1 Å². The van der Waals surface area contributed by atoms with Crippen LogP contribution < -0.4 is 10.9 Å². The second-order valence-electron chi connectivity index (χ2n) is 6.90. The SMILES string of the molecule is Cc1ccc(-n2c(SCC(=O)Nc3ccc(Cl)cc3F)nc3ccsc3c2=O)cc1C. The maximum atomic E-state index is 14.0. The fourth-order valence-corrected chi connectivity index (χ4v) is 4.72. The van der Waals surface area contributed by atoms with Crippen molar-refractivity contribution in [2.24, 2.45) is 0 Å². The molecule has 2 aromatic heterocycles. The van der Waals surface area contributed by atoms with Gasteiger partial charge in [0.05, 0.1) is 22.6 Å². The number of aromatic nitrogens is 2. The van der Waals surface area contributed by atoms with Crippen molar-refractivity contribution >= 4 is 56.5 Å². The van der Waals surface area contributed by atoms with Gasteiger partial charge in [-0.25, -0.2) is 9.37 Å². The van der Waals surface area contributed by atoms with E-state index in [0.29, 0.717) is 21.1 Å². The highest BCUT2D eigenvalue weighted by Crippen LogP contribution is 2.25. The van der Waals surface area contributed by atoms with Gasteiger partial charge in [-0.3, -0.25) is 14.2 Å². The zero-order chi connectivity index (χ0) is 22.1. The monoisotopic (exact) mass is 473 g/mol. The summed E-state index contributed by atoms with van der Waals surface area (Å²) in [4.78, 5) is 30.2. The van der Waals surface area contributed by atoms with Crippen LogP contribution in [-0.4, -0.2) is 21.2 Å². The third-order valence-electron chi connectivity index (χ3n) is 4.74. The Balaban J connectivity index is 1.65. The molecule has 1 amide bonds. The molecule has 0 saturated carbocycles. The molecule has 0 aliphatic carbocycles. The number of benzene rings is 2. The number of carbonyl (C=O) groups excluding carboxylic acids is 1. The molecule has 0 atom stereocenters. The first-order valence-electron chi connectivity index (χ1n) is 9.29. The Labute approximate surface area is 190 Å². The molecule has 0 unspecified atom stereocenters. The molecular formula is C22H17ClFN3O2S2. The van der Waals surface area contributed by atoms with Gasteiger partial charge in [0.25, 0.3) is 5.56 Å². The molecule has 0 aliphatic heterocycles. The topological polar surface area (TPSA) is 64.0 Å². The number of nitrogens with zero attached hydrogens (tertiary/aromatic N) is 2. The summed E-state index contributed by atoms with van der Waals surface area (Å²) in [6.45, 7) is 3.97. The van der Waals surface area contributed by atoms with E-state index >= 15 is 0 Å². The van der Waals surface area contributed by atoms with Gasteiger partial charge in [0.15, 0.2) is 5.16 Å². The highest BCUT2D eigenvalue weighted by atomic mass is 35.5. The van der Waals surface area contributed by atoms with Crippen molar-refractivity contribution in [3.05, 3.63) is 80.2 Å². The third-order valence-corrected chi connectivity index (χ3v) is 6.80. The predicted octanol–water partition coefficient (Wildman–Crippen LogP) is 5.59. The Bertz CT molecular complexity index is 1370. The molecule has 4 rings (SSSR count). The number of hydrogen-bond acceptors (Lipinski definition) is 5. The lowest BCUT2D eigenvalue weighted by molar-refractivity contribution is -0.113. The third kappa shape index (κ3) is 4.51. The molecule has 1 N–H and O–H groups in total. The van der Waals surface area contributed by atoms with Gasteiger partial charge in [-0.2, -0.15) is 0 Å². The van der Waals surface area contributed by atoms with E-state index in [1.807, 2.05) is 37.4 Å². The summed E-state index contributed by atoms with van der Waals surface area (Å²) in [6, 6.07) is 11.5. The summed E-state index contributed by atoms with van der Waals surface area (Å²) in [5.41, 5.74) is 3.28. The van der Waals surface area contributed by atoms with Gasteiger partial charge in [-0.1, -0.05) is 29.4 Å². The number of aryl methyl sites for hydroxylation is 2. The van der Waals surface area contributed by atoms with Crippen LogP contribution in [0.5, 0.6) is 0 Å². The van der Waals surface area contributed by atoms with Gasteiger partial charge in [0, 0.05) is 5.02 Å². The highest BCUT2D eigenvalue weighted by Gasteiger charge is 2.17. The Kier molecular flexibility index (Phi) is 6.13. The Morgan fingerprint density at radius 2 is 2.00 bits per heavy atom. The number of amides is 1. The van der Waals surface area contributed by atoms with E-state index in [4.69, 9.17) is 11.6 Å². The summed E-state index contributed by atoms with van der Waals surface area (Å²) in [6.07, 6.45) is 0. The van der Waals surface area contributed by atoms with Crippen LogP contribution in [-0.2, 0) is 4.79 Å². The van der Waals surface area contributed by atoms with Crippen molar-refractivity contribution in [2.45, 2.75) is 19.0 Å². The number of fused-ring (bicyclic) bond motifs is 1. The maximum absolute atomic E-state index is 14.0. The smallest absolute Gasteiger partial charge is 0.276 e. The number of nitrogens with one attached hydrogen (secondary N) is 1. The van der Waals surface area contributed by atoms with E-state index in [0.717, 1.165) is 29.0 Å². The predicted molar refractivity (Wildman–Crippen MR) is 125 cm³/mol. The molecule has 31 heavy (non-hydrogen) atoms. The zero-order valence-electron chi connectivity index (χ0n) is 16.6. The van der Waals surface area contributed by atoms with Crippen LogP contribution in [0.1, 0.15) is 11.1 Å². The highest BCUT2D eigenvalue weighted by molar-refractivity contribution is 7.99. The second kappa shape index (κ2) is 8.82.